The average molecular weight is 353 g/mol. The summed E-state index contributed by atoms with van der Waals surface area (Å²) in [6.45, 7) is 1.98. The van der Waals surface area contributed by atoms with Crippen LogP contribution in [0, 0.1) is 0 Å². The first-order valence-corrected chi connectivity index (χ1v) is 7.54. The van der Waals surface area contributed by atoms with Gasteiger partial charge in [0.05, 0.1) is 6.54 Å². The van der Waals surface area contributed by atoms with Crippen LogP contribution in [0.5, 0.6) is 5.75 Å². The number of hydrogen-bond donors (Lipinski definition) is 2. The number of amidine groups is 1. The summed E-state index contributed by atoms with van der Waals surface area (Å²) in [7, 11) is 0. The van der Waals surface area contributed by atoms with Gasteiger partial charge in [-0.2, -0.15) is 0 Å². The second-order valence-corrected chi connectivity index (χ2v) is 5.48. The molecule has 0 spiro atoms. The second kappa shape index (κ2) is 8.20. The number of ether oxygens (including phenoxy) is 1. The van der Waals surface area contributed by atoms with Crippen LogP contribution < -0.4 is 10.1 Å². The fraction of sp³-hybridized carbons (Fsp3) is 0.235. The van der Waals surface area contributed by atoms with E-state index in [9.17, 15) is 5.11 Å². The van der Waals surface area contributed by atoms with Crippen molar-refractivity contribution in [1.82, 2.24) is 5.32 Å². The Kier molecular flexibility index (Phi) is 6.28. The van der Waals surface area contributed by atoms with E-state index in [2.05, 4.69) is 10.3 Å². The zero-order valence-electron chi connectivity index (χ0n) is 12.4. The van der Waals surface area contributed by atoms with Crippen molar-refractivity contribution in [3.05, 3.63) is 64.7 Å². The Morgan fingerprint density at radius 1 is 1.22 bits per heavy atom. The van der Waals surface area contributed by atoms with Crippen LogP contribution in [-0.4, -0.2) is 30.6 Å². The van der Waals surface area contributed by atoms with Crippen molar-refractivity contribution in [2.45, 2.75) is 6.10 Å². The number of nitrogens with one attached hydrogen (secondary N) is 1. The molecule has 6 heteroatoms. The van der Waals surface area contributed by atoms with E-state index < -0.39 is 6.10 Å². The van der Waals surface area contributed by atoms with Gasteiger partial charge in [0.2, 0.25) is 0 Å². The van der Waals surface area contributed by atoms with Crippen LogP contribution in [0.25, 0.3) is 0 Å². The molecule has 1 aliphatic rings. The number of benzene rings is 2. The van der Waals surface area contributed by atoms with E-state index in [-0.39, 0.29) is 12.4 Å². The van der Waals surface area contributed by atoms with Crippen molar-refractivity contribution in [2.24, 2.45) is 4.99 Å². The van der Waals surface area contributed by atoms with Gasteiger partial charge >= 0.3 is 0 Å². The summed E-state index contributed by atoms with van der Waals surface area (Å²) < 4.78 is 5.81. The third kappa shape index (κ3) is 4.38. The highest BCUT2D eigenvalue weighted by molar-refractivity contribution is 6.30. The van der Waals surface area contributed by atoms with Crippen LogP contribution in [0.15, 0.2) is 53.5 Å². The van der Waals surface area contributed by atoms with Crippen LogP contribution >= 0.6 is 24.0 Å². The van der Waals surface area contributed by atoms with Gasteiger partial charge in [-0.05, 0) is 23.8 Å². The van der Waals surface area contributed by atoms with Crippen molar-refractivity contribution in [2.75, 3.05) is 19.7 Å². The smallest absolute Gasteiger partial charge is 0.145 e. The fourth-order valence-electron chi connectivity index (χ4n) is 2.37. The van der Waals surface area contributed by atoms with Gasteiger partial charge in [0, 0.05) is 17.1 Å². The minimum Gasteiger partial charge on any atom is -0.485 e. The molecular weight excluding hydrogens is 335 g/mol. The zero-order chi connectivity index (χ0) is 15.4. The average Bonchev–Trinajstić information content (AvgIpc) is 3.07. The van der Waals surface area contributed by atoms with E-state index >= 15 is 0 Å². The van der Waals surface area contributed by atoms with E-state index in [1.165, 1.54) is 0 Å². The molecule has 0 saturated heterocycles. The fourth-order valence-corrected chi connectivity index (χ4v) is 2.55. The maximum Gasteiger partial charge on any atom is 0.145 e. The summed E-state index contributed by atoms with van der Waals surface area (Å²) in [5.74, 6) is 1.44. The quantitative estimate of drug-likeness (QED) is 0.868. The van der Waals surface area contributed by atoms with Crippen LogP contribution in [0.3, 0.4) is 0 Å². The maximum absolute atomic E-state index is 10.6. The lowest BCUT2D eigenvalue weighted by atomic mass is 10.0. The van der Waals surface area contributed by atoms with Crippen molar-refractivity contribution >= 4 is 29.8 Å². The molecule has 0 saturated carbocycles. The van der Waals surface area contributed by atoms with Gasteiger partial charge in [-0.25, -0.2) is 0 Å². The molecule has 1 aliphatic heterocycles. The molecule has 0 aliphatic carbocycles. The van der Waals surface area contributed by atoms with Crippen LogP contribution in [0.2, 0.25) is 5.02 Å². The molecule has 4 nitrogen and oxygen atoms in total. The highest BCUT2D eigenvalue weighted by atomic mass is 35.5. The summed E-state index contributed by atoms with van der Waals surface area (Å²) in [6.07, 6.45) is -0.784. The molecule has 23 heavy (non-hydrogen) atoms. The summed E-state index contributed by atoms with van der Waals surface area (Å²) in [4.78, 5) is 4.29. The van der Waals surface area contributed by atoms with Crippen molar-refractivity contribution in [1.29, 1.82) is 0 Å². The Bertz CT molecular complexity index is 678. The Balaban J connectivity index is 0.00000192. The minimum atomic E-state index is -0.784. The summed E-state index contributed by atoms with van der Waals surface area (Å²) in [5.41, 5.74) is 1.45. The number of aliphatic imine (C=N–C) groups is 1. The van der Waals surface area contributed by atoms with Gasteiger partial charge in [-0.3, -0.25) is 4.99 Å². The van der Waals surface area contributed by atoms with Gasteiger partial charge in [0.25, 0.3) is 0 Å². The van der Waals surface area contributed by atoms with Gasteiger partial charge in [-0.1, -0.05) is 41.9 Å². The van der Waals surface area contributed by atoms with Gasteiger partial charge in [0.1, 0.15) is 24.3 Å². The molecule has 2 N–H and O–H groups in total. The first kappa shape index (κ1) is 17.6. The van der Waals surface area contributed by atoms with Crippen molar-refractivity contribution in [3.63, 3.8) is 0 Å². The van der Waals surface area contributed by atoms with Crippen LogP contribution in [0.1, 0.15) is 17.2 Å². The number of halogens is 2. The maximum atomic E-state index is 10.6. The van der Waals surface area contributed by atoms with Crippen LogP contribution in [0.4, 0.5) is 0 Å². The number of aliphatic hydroxyl groups excluding tert-OH is 1. The minimum absolute atomic E-state index is 0. The summed E-state index contributed by atoms with van der Waals surface area (Å²) in [6, 6.07) is 14.7. The number of hydrogen-bond acceptors (Lipinski definition) is 4. The van der Waals surface area contributed by atoms with Gasteiger partial charge in [0.15, 0.2) is 0 Å². The molecule has 0 bridgehead atoms. The second-order valence-electron chi connectivity index (χ2n) is 5.04. The van der Waals surface area contributed by atoms with Crippen molar-refractivity contribution in [3.8, 4) is 5.75 Å². The van der Waals surface area contributed by atoms with Gasteiger partial charge in [-0.15, -0.1) is 12.4 Å². The Morgan fingerprint density at radius 2 is 2.00 bits per heavy atom. The lowest BCUT2D eigenvalue weighted by Crippen LogP contribution is -2.25. The normalized spacial score (nSPS) is 14.4. The van der Waals surface area contributed by atoms with E-state index in [0.717, 1.165) is 24.5 Å². The molecule has 0 aromatic heterocycles. The van der Waals surface area contributed by atoms with Crippen LogP contribution in [-0.2, 0) is 0 Å². The molecule has 0 fully saturated rings. The Morgan fingerprint density at radius 3 is 2.70 bits per heavy atom. The summed E-state index contributed by atoms with van der Waals surface area (Å²) >= 11 is 6.07. The number of rotatable bonds is 5. The molecule has 122 valence electrons. The molecule has 1 unspecified atom stereocenters. The van der Waals surface area contributed by atoms with E-state index in [0.29, 0.717) is 22.9 Å². The summed E-state index contributed by atoms with van der Waals surface area (Å²) in [5, 5.41) is 14.3. The Labute approximate surface area is 146 Å². The standard InChI is InChI=1S/C17H17ClN2O2.ClH/c18-13-6-7-15(22-11-16-19-8-9-20-16)14(10-13)17(21)12-4-2-1-3-5-12;/h1-7,10,17,21H,8-9,11H2,(H,19,20);1H. The predicted molar refractivity (Wildman–Crippen MR) is 95.0 cm³/mol. The van der Waals surface area contributed by atoms with Crippen molar-refractivity contribution < 1.29 is 9.84 Å². The largest absolute Gasteiger partial charge is 0.485 e. The monoisotopic (exact) mass is 352 g/mol. The topological polar surface area (TPSA) is 53.9 Å². The molecule has 0 radical (unpaired) electrons. The molecule has 1 atom stereocenters. The van der Waals surface area contributed by atoms with Gasteiger partial charge < -0.3 is 15.2 Å². The predicted octanol–water partition coefficient (Wildman–Crippen LogP) is 3.22. The lowest BCUT2D eigenvalue weighted by Gasteiger charge is -2.17. The molecule has 2 aromatic carbocycles. The third-order valence-electron chi connectivity index (χ3n) is 3.49. The number of aliphatic hydroxyl groups is 1. The van der Waals surface area contributed by atoms with E-state index in [1.54, 1.807) is 18.2 Å². The molecule has 0 amide bonds. The highest BCUT2D eigenvalue weighted by Gasteiger charge is 2.17. The van der Waals surface area contributed by atoms with E-state index in [1.807, 2.05) is 30.3 Å². The molecular formula is C17H18Cl2N2O2. The van der Waals surface area contributed by atoms with E-state index in [4.69, 9.17) is 16.3 Å². The zero-order valence-corrected chi connectivity index (χ0v) is 14.0. The molecule has 2 aromatic rings. The molecule has 3 rings (SSSR count). The third-order valence-corrected chi connectivity index (χ3v) is 3.72. The molecule has 1 heterocycles. The first-order chi connectivity index (χ1) is 10.7. The SMILES string of the molecule is Cl.OC(c1ccccc1)c1cc(Cl)ccc1OCC1=NCCN1. The highest BCUT2D eigenvalue weighted by Crippen LogP contribution is 2.32. The Hall–Kier alpha value is -1.75. The number of nitrogens with zero attached hydrogens (tertiary/aromatic N) is 1. The first-order valence-electron chi connectivity index (χ1n) is 7.16. The lowest BCUT2D eigenvalue weighted by molar-refractivity contribution is 0.213.